The lowest BCUT2D eigenvalue weighted by Gasteiger charge is -2.18. The number of rotatable bonds is 4. The Hall–Kier alpha value is -2.29. The molecule has 0 bridgehead atoms. The molecule has 0 unspecified atom stereocenters. The van der Waals surface area contributed by atoms with Crippen molar-refractivity contribution in [1.82, 2.24) is 0 Å². The number of benzene rings is 2. The Kier molecular flexibility index (Phi) is 3.42. The van der Waals surface area contributed by atoms with Crippen LogP contribution in [0.15, 0.2) is 48.5 Å². The van der Waals surface area contributed by atoms with Crippen LogP contribution in [0.5, 0.6) is 5.75 Å². The van der Waals surface area contributed by atoms with E-state index < -0.39 is 0 Å². The maximum Gasteiger partial charge on any atom is 0.182 e. The van der Waals surface area contributed by atoms with Crippen molar-refractivity contribution in [2.24, 2.45) is 0 Å². The Morgan fingerprint density at radius 2 is 1.90 bits per heavy atom. The second-order valence-corrected chi connectivity index (χ2v) is 4.95. The van der Waals surface area contributed by atoms with E-state index in [1.807, 2.05) is 36.4 Å². The predicted octanol–water partition coefficient (Wildman–Crippen LogP) is 2.94. The van der Waals surface area contributed by atoms with Crippen LogP contribution >= 0.6 is 0 Å². The summed E-state index contributed by atoms with van der Waals surface area (Å²) in [6, 6.07) is 15.6. The maximum absolute atomic E-state index is 12.3. The van der Waals surface area contributed by atoms with Crippen LogP contribution in [0.2, 0.25) is 0 Å². The summed E-state index contributed by atoms with van der Waals surface area (Å²) in [5, 5.41) is 0. The van der Waals surface area contributed by atoms with Crippen molar-refractivity contribution in [2.75, 3.05) is 25.1 Å². The number of hydrogen-bond donors (Lipinski definition) is 0. The third-order valence-corrected chi connectivity index (χ3v) is 3.73. The highest BCUT2D eigenvalue weighted by molar-refractivity contribution is 5.99. The number of Topliss-reactive ketones (excluding diaryl/α,β-unsaturated/α-hetero) is 1. The quantitative estimate of drug-likeness (QED) is 0.798. The van der Waals surface area contributed by atoms with Gasteiger partial charge in [-0.25, -0.2) is 0 Å². The zero-order valence-electron chi connectivity index (χ0n) is 11.5. The van der Waals surface area contributed by atoms with E-state index in [0.29, 0.717) is 6.54 Å². The van der Waals surface area contributed by atoms with E-state index in [2.05, 4.69) is 17.0 Å². The van der Waals surface area contributed by atoms with E-state index in [0.717, 1.165) is 24.3 Å². The lowest BCUT2D eigenvalue weighted by atomic mass is 10.1. The monoisotopic (exact) mass is 267 g/mol. The molecule has 3 heteroatoms. The van der Waals surface area contributed by atoms with Crippen LogP contribution in [-0.4, -0.2) is 26.0 Å². The lowest BCUT2D eigenvalue weighted by molar-refractivity contribution is 0.0999. The number of hydrogen-bond acceptors (Lipinski definition) is 3. The molecule has 0 aromatic heterocycles. The molecule has 0 amide bonds. The minimum atomic E-state index is 0.143. The summed E-state index contributed by atoms with van der Waals surface area (Å²) in [7, 11) is 1.62. The molecule has 0 radical (unpaired) electrons. The van der Waals surface area contributed by atoms with Gasteiger partial charge in [0.1, 0.15) is 5.75 Å². The molecule has 0 spiro atoms. The fourth-order valence-electron chi connectivity index (χ4n) is 2.61. The van der Waals surface area contributed by atoms with Gasteiger partial charge in [-0.3, -0.25) is 4.79 Å². The first-order chi connectivity index (χ1) is 9.78. The Morgan fingerprint density at radius 1 is 1.15 bits per heavy atom. The van der Waals surface area contributed by atoms with Gasteiger partial charge >= 0.3 is 0 Å². The zero-order chi connectivity index (χ0) is 13.9. The fourth-order valence-corrected chi connectivity index (χ4v) is 2.61. The van der Waals surface area contributed by atoms with E-state index in [4.69, 9.17) is 4.74 Å². The normalized spacial score (nSPS) is 13.2. The number of ketones is 1. The highest BCUT2D eigenvalue weighted by Crippen LogP contribution is 2.27. The van der Waals surface area contributed by atoms with Gasteiger partial charge in [0.25, 0.3) is 0 Å². The van der Waals surface area contributed by atoms with Crippen molar-refractivity contribution < 1.29 is 9.53 Å². The van der Waals surface area contributed by atoms with Crippen molar-refractivity contribution >= 4 is 11.5 Å². The van der Waals surface area contributed by atoms with E-state index in [1.54, 1.807) is 7.11 Å². The van der Waals surface area contributed by atoms with Crippen molar-refractivity contribution in [3.05, 3.63) is 59.7 Å². The number of nitrogens with zero attached hydrogens (tertiary/aromatic N) is 1. The molecule has 0 atom stereocenters. The van der Waals surface area contributed by atoms with Crippen molar-refractivity contribution in [1.29, 1.82) is 0 Å². The minimum absolute atomic E-state index is 0.143. The first kappa shape index (κ1) is 12.7. The Morgan fingerprint density at radius 3 is 2.65 bits per heavy atom. The Balaban J connectivity index is 1.73. The molecule has 0 fully saturated rings. The maximum atomic E-state index is 12.3. The highest BCUT2D eigenvalue weighted by Gasteiger charge is 2.20. The standard InChI is InChI=1S/C17H17NO2/c1-20-15-8-6-14(7-9-15)17(19)12-18-11-10-13-4-2-3-5-16(13)18/h2-9H,10-12H2,1H3. The molecule has 3 nitrogen and oxygen atoms in total. The van der Waals surface area contributed by atoms with Crippen LogP contribution in [0.4, 0.5) is 5.69 Å². The number of methoxy groups -OCH3 is 1. The Labute approximate surface area is 118 Å². The van der Waals surface area contributed by atoms with Gasteiger partial charge < -0.3 is 9.64 Å². The Bertz CT molecular complexity index is 619. The van der Waals surface area contributed by atoms with E-state index >= 15 is 0 Å². The largest absolute Gasteiger partial charge is 0.497 e. The average molecular weight is 267 g/mol. The van der Waals surface area contributed by atoms with Crippen LogP contribution in [0.1, 0.15) is 15.9 Å². The average Bonchev–Trinajstić information content (AvgIpc) is 2.91. The molecule has 1 aliphatic heterocycles. The van der Waals surface area contributed by atoms with Crippen molar-refractivity contribution in [3.8, 4) is 5.75 Å². The summed E-state index contributed by atoms with van der Waals surface area (Å²) in [6.07, 6.45) is 1.02. The molecule has 3 rings (SSSR count). The van der Waals surface area contributed by atoms with Crippen LogP contribution in [-0.2, 0) is 6.42 Å². The molecule has 20 heavy (non-hydrogen) atoms. The molecular formula is C17H17NO2. The van der Waals surface area contributed by atoms with Gasteiger partial charge in [0.15, 0.2) is 5.78 Å². The molecule has 102 valence electrons. The summed E-state index contributed by atoms with van der Waals surface area (Å²) in [6.45, 7) is 1.35. The summed E-state index contributed by atoms with van der Waals surface area (Å²) in [5.41, 5.74) is 3.25. The number of fused-ring (bicyclic) bond motifs is 1. The summed E-state index contributed by atoms with van der Waals surface area (Å²) in [5.74, 6) is 0.914. The van der Waals surface area contributed by atoms with Gasteiger partial charge in [-0.15, -0.1) is 0 Å². The molecule has 0 N–H and O–H groups in total. The molecule has 1 aliphatic rings. The summed E-state index contributed by atoms with van der Waals surface area (Å²) >= 11 is 0. The first-order valence-electron chi connectivity index (χ1n) is 6.78. The van der Waals surface area contributed by atoms with E-state index in [-0.39, 0.29) is 5.78 Å². The molecule has 0 saturated carbocycles. The first-order valence-corrected chi connectivity index (χ1v) is 6.78. The van der Waals surface area contributed by atoms with Gasteiger partial charge in [0.05, 0.1) is 13.7 Å². The topological polar surface area (TPSA) is 29.5 Å². The van der Waals surface area contributed by atoms with Crippen molar-refractivity contribution in [2.45, 2.75) is 6.42 Å². The van der Waals surface area contributed by atoms with Gasteiger partial charge in [-0.1, -0.05) is 18.2 Å². The number of anilines is 1. The van der Waals surface area contributed by atoms with Crippen LogP contribution < -0.4 is 9.64 Å². The molecule has 2 aromatic carbocycles. The molecule has 1 heterocycles. The molecule has 2 aromatic rings. The molecule has 0 saturated heterocycles. The van der Waals surface area contributed by atoms with E-state index in [9.17, 15) is 4.79 Å². The predicted molar refractivity (Wildman–Crippen MR) is 79.7 cm³/mol. The van der Waals surface area contributed by atoms with Crippen LogP contribution in [0, 0.1) is 0 Å². The zero-order valence-corrected chi connectivity index (χ0v) is 11.5. The van der Waals surface area contributed by atoms with Gasteiger partial charge in [-0.2, -0.15) is 0 Å². The second-order valence-electron chi connectivity index (χ2n) is 4.95. The highest BCUT2D eigenvalue weighted by atomic mass is 16.5. The molecule has 0 aliphatic carbocycles. The number of ether oxygens (including phenoxy) is 1. The van der Waals surface area contributed by atoms with Crippen LogP contribution in [0.3, 0.4) is 0 Å². The number of para-hydroxylation sites is 1. The third-order valence-electron chi connectivity index (χ3n) is 3.73. The van der Waals surface area contributed by atoms with Gasteiger partial charge in [0.2, 0.25) is 0 Å². The van der Waals surface area contributed by atoms with E-state index in [1.165, 1.54) is 11.3 Å². The smallest absolute Gasteiger partial charge is 0.182 e. The minimum Gasteiger partial charge on any atom is -0.497 e. The summed E-state index contributed by atoms with van der Waals surface area (Å²) in [4.78, 5) is 14.5. The number of carbonyl (C=O) groups is 1. The third kappa shape index (κ3) is 2.39. The lowest BCUT2D eigenvalue weighted by Crippen LogP contribution is -2.27. The molecular weight excluding hydrogens is 250 g/mol. The van der Waals surface area contributed by atoms with Gasteiger partial charge in [-0.05, 0) is 42.3 Å². The summed E-state index contributed by atoms with van der Waals surface area (Å²) < 4.78 is 5.11. The second kappa shape index (κ2) is 5.37. The van der Waals surface area contributed by atoms with Crippen molar-refractivity contribution in [3.63, 3.8) is 0 Å². The SMILES string of the molecule is COc1ccc(C(=O)CN2CCc3ccccc32)cc1. The fraction of sp³-hybridized carbons (Fsp3) is 0.235. The van der Waals surface area contributed by atoms with Crippen LogP contribution in [0.25, 0.3) is 0 Å². The van der Waals surface area contributed by atoms with Gasteiger partial charge in [0, 0.05) is 17.8 Å². The number of carbonyl (C=O) groups excluding carboxylic acids is 1.